The summed E-state index contributed by atoms with van der Waals surface area (Å²) in [5, 5.41) is 17.2. The quantitative estimate of drug-likeness (QED) is 0.822. The van der Waals surface area contributed by atoms with Crippen LogP contribution in [0.25, 0.3) is 0 Å². The fourth-order valence-corrected chi connectivity index (χ4v) is 2.35. The van der Waals surface area contributed by atoms with Crippen molar-refractivity contribution in [3.05, 3.63) is 47.6 Å². The van der Waals surface area contributed by atoms with Crippen molar-refractivity contribution in [2.45, 2.75) is 25.0 Å². The summed E-state index contributed by atoms with van der Waals surface area (Å²) in [5.41, 5.74) is 0.377. The molecule has 0 bridgehead atoms. The van der Waals surface area contributed by atoms with Crippen LogP contribution >= 0.6 is 0 Å². The van der Waals surface area contributed by atoms with Crippen LogP contribution < -0.4 is 5.32 Å². The Hall–Kier alpha value is -1.76. The third-order valence-electron chi connectivity index (χ3n) is 3.53. The van der Waals surface area contributed by atoms with Gasteiger partial charge in [0, 0.05) is 26.0 Å². The first-order chi connectivity index (χ1) is 10.2. The number of nitrogens with zero attached hydrogens (tertiary/aromatic N) is 2. The number of nitrogens with one attached hydrogen (secondary N) is 1. The van der Waals surface area contributed by atoms with Gasteiger partial charge in [0.15, 0.2) is 5.82 Å². The first kappa shape index (κ1) is 14.2. The molecule has 1 unspecified atom stereocenters. The lowest BCUT2D eigenvalue weighted by atomic mass is 10.0. The van der Waals surface area contributed by atoms with Gasteiger partial charge in [-0.25, -0.2) is 0 Å². The van der Waals surface area contributed by atoms with E-state index in [1.807, 2.05) is 30.3 Å². The molecule has 3 rings (SSSR count). The average molecular weight is 289 g/mol. The van der Waals surface area contributed by atoms with E-state index in [9.17, 15) is 5.11 Å². The number of ether oxygens (including phenoxy) is 1. The molecule has 1 aliphatic rings. The van der Waals surface area contributed by atoms with Gasteiger partial charge in [0.1, 0.15) is 5.60 Å². The molecule has 0 saturated carbocycles. The van der Waals surface area contributed by atoms with E-state index in [1.165, 1.54) is 0 Å². The van der Waals surface area contributed by atoms with Gasteiger partial charge in [-0.05, 0) is 5.56 Å². The topological polar surface area (TPSA) is 80.4 Å². The standard InChI is InChI=1S/C15H19N3O3/c19-15(6-7-20-11-15)10-16-9-14-17-13(18-21-14)8-12-4-2-1-3-5-12/h1-5,16,19H,6-11H2. The molecule has 1 atom stereocenters. The lowest BCUT2D eigenvalue weighted by molar-refractivity contribution is 0.0263. The molecule has 0 aliphatic carbocycles. The minimum atomic E-state index is -0.771. The number of aromatic nitrogens is 2. The van der Waals surface area contributed by atoms with Crippen LogP contribution in [0.5, 0.6) is 0 Å². The van der Waals surface area contributed by atoms with E-state index in [4.69, 9.17) is 9.26 Å². The Morgan fingerprint density at radius 1 is 1.29 bits per heavy atom. The van der Waals surface area contributed by atoms with Crippen molar-refractivity contribution in [1.82, 2.24) is 15.5 Å². The van der Waals surface area contributed by atoms with E-state index in [2.05, 4.69) is 15.5 Å². The third kappa shape index (κ3) is 3.87. The Labute approximate surface area is 123 Å². The van der Waals surface area contributed by atoms with Gasteiger partial charge in [0.2, 0.25) is 5.89 Å². The van der Waals surface area contributed by atoms with Crippen LogP contribution in [-0.4, -0.2) is 40.6 Å². The molecule has 1 saturated heterocycles. The molecular formula is C15H19N3O3. The Bertz CT molecular complexity index is 565. The highest BCUT2D eigenvalue weighted by molar-refractivity contribution is 5.18. The zero-order valence-electron chi connectivity index (χ0n) is 11.8. The second-order valence-electron chi connectivity index (χ2n) is 5.40. The SMILES string of the molecule is OC1(CNCc2nc(Cc3ccccc3)no2)CCOC1. The summed E-state index contributed by atoms with van der Waals surface area (Å²) in [5.74, 6) is 1.20. The van der Waals surface area contributed by atoms with Crippen molar-refractivity contribution < 1.29 is 14.4 Å². The fraction of sp³-hybridized carbons (Fsp3) is 0.467. The number of rotatable bonds is 6. The molecule has 1 aromatic heterocycles. The van der Waals surface area contributed by atoms with Crippen molar-refractivity contribution in [1.29, 1.82) is 0 Å². The van der Waals surface area contributed by atoms with Gasteiger partial charge in [0.25, 0.3) is 0 Å². The predicted octanol–water partition coefficient (Wildman–Crippen LogP) is 0.901. The Kier molecular flexibility index (Phi) is 4.28. The van der Waals surface area contributed by atoms with Gasteiger partial charge in [0.05, 0.1) is 13.2 Å². The molecule has 112 valence electrons. The van der Waals surface area contributed by atoms with Gasteiger partial charge in [-0.15, -0.1) is 0 Å². The summed E-state index contributed by atoms with van der Waals surface area (Å²) >= 11 is 0. The largest absolute Gasteiger partial charge is 0.386 e. The molecule has 6 heteroatoms. The molecular weight excluding hydrogens is 270 g/mol. The van der Waals surface area contributed by atoms with Crippen LogP contribution in [0.4, 0.5) is 0 Å². The molecule has 0 amide bonds. The highest BCUT2D eigenvalue weighted by Crippen LogP contribution is 2.17. The summed E-state index contributed by atoms with van der Waals surface area (Å²) < 4.78 is 10.4. The van der Waals surface area contributed by atoms with Crippen LogP contribution in [0.1, 0.15) is 23.7 Å². The normalized spacial score (nSPS) is 21.8. The van der Waals surface area contributed by atoms with Gasteiger partial charge < -0.3 is 19.7 Å². The molecule has 2 N–H and O–H groups in total. The molecule has 0 spiro atoms. The first-order valence-electron chi connectivity index (χ1n) is 7.10. The molecule has 21 heavy (non-hydrogen) atoms. The summed E-state index contributed by atoms with van der Waals surface area (Å²) in [4.78, 5) is 4.34. The minimum absolute atomic E-state index is 0.378. The van der Waals surface area contributed by atoms with Crippen molar-refractivity contribution in [2.24, 2.45) is 0 Å². The van der Waals surface area contributed by atoms with Crippen LogP contribution in [-0.2, 0) is 17.7 Å². The second-order valence-corrected chi connectivity index (χ2v) is 5.40. The van der Waals surface area contributed by atoms with E-state index in [-0.39, 0.29) is 0 Å². The maximum atomic E-state index is 10.1. The summed E-state index contributed by atoms with van der Waals surface area (Å²) in [6.07, 6.45) is 1.31. The highest BCUT2D eigenvalue weighted by atomic mass is 16.5. The first-order valence-corrected chi connectivity index (χ1v) is 7.10. The van der Waals surface area contributed by atoms with Gasteiger partial charge in [-0.3, -0.25) is 0 Å². The third-order valence-corrected chi connectivity index (χ3v) is 3.53. The summed E-state index contributed by atoms with van der Waals surface area (Å²) in [6.45, 7) is 1.90. The van der Waals surface area contributed by atoms with Gasteiger partial charge >= 0.3 is 0 Å². The van der Waals surface area contributed by atoms with Crippen molar-refractivity contribution in [3.8, 4) is 0 Å². The molecule has 2 aromatic rings. The van der Waals surface area contributed by atoms with Crippen LogP contribution in [0.2, 0.25) is 0 Å². The summed E-state index contributed by atoms with van der Waals surface area (Å²) in [6, 6.07) is 10.0. The second kappa shape index (κ2) is 6.34. The highest BCUT2D eigenvalue weighted by Gasteiger charge is 2.31. The number of aliphatic hydroxyl groups is 1. The number of hydrogen-bond donors (Lipinski definition) is 2. The Morgan fingerprint density at radius 3 is 2.90 bits per heavy atom. The summed E-state index contributed by atoms with van der Waals surface area (Å²) in [7, 11) is 0. The average Bonchev–Trinajstić information content (AvgIpc) is 3.10. The molecule has 2 heterocycles. The molecule has 6 nitrogen and oxygen atoms in total. The maximum Gasteiger partial charge on any atom is 0.240 e. The van der Waals surface area contributed by atoms with E-state index >= 15 is 0 Å². The van der Waals surface area contributed by atoms with E-state index < -0.39 is 5.60 Å². The Balaban J connectivity index is 1.49. The van der Waals surface area contributed by atoms with Crippen molar-refractivity contribution in [3.63, 3.8) is 0 Å². The number of hydrogen-bond acceptors (Lipinski definition) is 6. The van der Waals surface area contributed by atoms with Crippen molar-refractivity contribution >= 4 is 0 Å². The van der Waals surface area contributed by atoms with Crippen molar-refractivity contribution in [2.75, 3.05) is 19.8 Å². The molecule has 1 fully saturated rings. The van der Waals surface area contributed by atoms with E-state index in [1.54, 1.807) is 0 Å². The maximum absolute atomic E-state index is 10.1. The zero-order chi connectivity index (χ0) is 14.5. The molecule has 1 aromatic carbocycles. The monoisotopic (exact) mass is 289 g/mol. The van der Waals surface area contributed by atoms with Crippen LogP contribution in [0.15, 0.2) is 34.9 Å². The van der Waals surface area contributed by atoms with Gasteiger partial charge in [-0.2, -0.15) is 4.98 Å². The molecule has 0 radical (unpaired) electrons. The fourth-order valence-electron chi connectivity index (χ4n) is 2.35. The van der Waals surface area contributed by atoms with Gasteiger partial charge in [-0.1, -0.05) is 35.5 Å². The van der Waals surface area contributed by atoms with E-state index in [0.29, 0.717) is 50.9 Å². The number of benzene rings is 1. The predicted molar refractivity (Wildman–Crippen MR) is 75.6 cm³/mol. The lowest BCUT2D eigenvalue weighted by Crippen LogP contribution is -2.40. The van der Waals surface area contributed by atoms with Crippen LogP contribution in [0, 0.1) is 0 Å². The minimum Gasteiger partial charge on any atom is -0.386 e. The zero-order valence-corrected chi connectivity index (χ0v) is 11.8. The van der Waals surface area contributed by atoms with Crippen LogP contribution in [0.3, 0.4) is 0 Å². The molecule has 1 aliphatic heterocycles. The lowest BCUT2D eigenvalue weighted by Gasteiger charge is -2.19. The Morgan fingerprint density at radius 2 is 2.14 bits per heavy atom. The smallest absolute Gasteiger partial charge is 0.240 e. The van der Waals surface area contributed by atoms with E-state index in [0.717, 1.165) is 5.56 Å².